The highest BCUT2D eigenvalue weighted by Gasteiger charge is 2.03. The molecule has 2 rings (SSSR count). The van der Waals surface area contributed by atoms with Crippen molar-refractivity contribution < 1.29 is 0 Å². The van der Waals surface area contributed by atoms with Gasteiger partial charge in [0.05, 0.1) is 0 Å². The predicted octanol–water partition coefficient (Wildman–Crippen LogP) is 4.22. The van der Waals surface area contributed by atoms with Crippen molar-refractivity contribution in [2.24, 2.45) is 0 Å². The van der Waals surface area contributed by atoms with Crippen molar-refractivity contribution in [3.05, 3.63) is 46.2 Å². The largest absolute Gasteiger partial charge is 0.313 e. The molecule has 1 aromatic heterocycles. The molecule has 0 radical (unpaired) electrons. The smallest absolute Gasteiger partial charge is 0.0205 e. The Kier molecular flexibility index (Phi) is 4.35. The average molecular weight is 245 g/mol. The topological polar surface area (TPSA) is 12.0 Å². The van der Waals surface area contributed by atoms with Gasteiger partial charge in [0, 0.05) is 6.54 Å². The average Bonchev–Trinajstić information content (AvgIpc) is 2.83. The Morgan fingerprint density at radius 3 is 2.76 bits per heavy atom. The second-order valence-electron chi connectivity index (χ2n) is 4.34. The van der Waals surface area contributed by atoms with E-state index >= 15 is 0 Å². The number of nitrogens with one attached hydrogen (secondary N) is 1. The summed E-state index contributed by atoms with van der Waals surface area (Å²) in [5.41, 5.74) is 5.42. The van der Waals surface area contributed by atoms with Gasteiger partial charge in [0.2, 0.25) is 0 Å². The molecular weight excluding hydrogens is 226 g/mol. The summed E-state index contributed by atoms with van der Waals surface area (Å²) in [6, 6.07) is 8.93. The van der Waals surface area contributed by atoms with Crippen LogP contribution in [0.15, 0.2) is 35.0 Å². The minimum absolute atomic E-state index is 0.971. The molecule has 90 valence electrons. The Balaban J connectivity index is 2.12. The Hall–Kier alpha value is -1.12. The molecule has 0 aliphatic heterocycles. The van der Waals surface area contributed by atoms with E-state index in [9.17, 15) is 0 Å². The van der Waals surface area contributed by atoms with Gasteiger partial charge in [-0.15, -0.1) is 0 Å². The first-order chi connectivity index (χ1) is 8.31. The molecule has 1 nitrogen and oxygen atoms in total. The molecule has 17 heavy (non-hydrogen) atoms. The quantitative estimate of drug-likeness (QED) is 0.778. The molecule has 1 heterocycles. The second-order valence-corrected chi connectivity index (χ2v) is 5.12. The lowest BCUT2D eigenvalue weighted by atomic mass is 10.0. The Morgan fingerprint density at radius 2 is 2.12 bits per heavy atom. The summed E-state index contributed by atoms with van der Waals surface area (Å²) in [4.78, 5) is 0. The van der Waals surface area contributed by atoms with Crippen molar-refractivity contribution in [3.63, 3.8) is 0 Å². The maximum atomic E-state index is 3.43. The second kappa shape index (κ2) is 5.99. The number of hydrogen-bond donors (Lipinski definition) is 1. The minimum Gasteiger partial charge on any atom is -0.313 e. The fourth-order valence-electron chi connectivity index (χ4n) is 1.99. The van der Waals surface area contributed by atoms with E-state index in [-0.39, 0.29) is 0 Å². The molecule has 1 aromatic carbocycles. The van der Waals surface area contributed by atoms with Crippen molar-refractivity contribution in [1.82, 2.24) is 5.32 Å². The lowest BCUT2D eigenvalue weighted by molar-refractivity contribution is 0.675. The predicted molar refractivity (Wildman–Crippen MR) is 76.5 cm³/mol. The van der Waals surface area contributed by atoms with Gasteiger partial charge in [-0.25, -0.2) is 0 Å². The van der Waals surface area contributed by atoms with E-state index in [0.29, 0.717) is 0 Å². The van der Waals surface area contributed by atoms with Crippen LogP contribution in [0.5, 0.6) is 0 Å². The fraction of sp³-hybridized carbons (Fsp3) is 0.333. The maximum Gasteiger partial charge on any atom is 0.0205 e. The van der Waals surface area contributed by atoms with Gasteiger partial charge in [-0.2, -0.15) is 11.3 Å². The summed E-state index contributed by atoms with van der Waals surface area (Å²) >= 11 is 1.75. The van der Waals surface area contributed by atoms with Crippen LogP contribution >= 0.6 is 11.3 Å². The van der Waals surface area contributed by atoms with Crippen molar-refractivity contribution in [2.45, 2.75) is 26.8 Å². The van der Waals surface area contributed by atoms with Gasteiger partial charge in [0.25, 0.3) is 0 Å². The van der Waals surface area contributed by atoms with Gasteiger partial charge < -0.3 is 5.32 Å². The molecule has 0 saturated heterocycles. The van der Waals surface area contributed by atoms with E-state index in [1.54, 1.807) is 11.3 Å². The first-order valence-corrected chi connectivity index (χ1v) is 7.08. The third kappa shape index (κ3) is 3.18. The molecule has 0 unspecified atom stereocenters. The van der Waals surface area contributed by atoms with Gasteiger partial charge in [-0.05, 0) is 59.0 Å². The van der Waals surface area contributed by atoms with Gasteiger partial charge in [0.15, 0.2) is 0 Å². The lowest BCUT2D eigenvalue weighted by Crippen LogP contribution is -2.13. The number of aryl methyl sites for hydroxylation is 1. The van der Waals surface area contributed by atoms with E-state index in [4.69, 9.17) is 0 Å². The van der Waals surface area contributed by atoms with Crippen molar-refractivity contribution in [1.29, 1.82) is 0 Å². The zero-order valence-electron chi connectivity index (χ0n) is 10.5. The first-order valence-electron chi connectivity index (χ1n) is 6.14. The van der Waals surface area contributed by atoms with Crippen LogP contribution in [0.25, 0.3) is 11.1 Å². The van der Waals surface area contributed by atoms with Gasteiger partial charge in [0.1, 0.15) is 0 Å². The summed E-state index contributed by atoms with van der Waals surface area (Å²) in [7, 11) is 0. The van der Waals surface area contributed by atoms with E-state index in [1.165, 1.54) is 28.7 Å². The molecular formula is C15H19NS. The molecule has 0 fully saturated rings. The maximum absolute atomic E-state index is 3.43. The van der Waals surface area contributed by atoms with Crippen molar-refractivity contribution in [3.8, 4) is 11.1 Å². The molecule has 0 aliphatic carbocycles. The molecule has 0 bridgehead atoms. The van der Waals surface area contributed by atoms with Crippen LogP contribution < -0.4 is 5.32 Å². The van der Waals surface area contributed by atoms with E-state index < -0.39 is 0 Å². The summed E-state index contributed by atoms with van der Waals surface area (Å²) in [6.07, 6.45) is 1.19. The van der Waals surface area contributed by atoms with Gasteiger partial charge in [-0.3, -0.25) is 0 Å². The van der Waals surface area contributed by atoms with Gasteiger partial charge in [-0.1, -0.05) is 25.1 Å². The van der Waals surface area contributed by atoms with Gasteiger partial charge >= 0.3 is 0 Å². The fourth-order valence-corrected chi connectivity index (χ4v) is 2.64. The molecule has 1 N–H and O–H groups in total. The Bertz CT molecular complexity index is 460. The molecule has 0 spiro atoms. The third-order valence-electron chi connectivity index (χ3n) is 2.88. The summed E-state index contributed by atoms with van der Waals surface area (Å²) in [5, 5.41) is 7.77. The van der Waals surface area contributed by atoms with E-state index in [0.717, 1.165) is 13.1 Å². The van der Waals surface area contributed by atoms with Crippen LogP contribution in [0, 0.1) is 6.92 Å². The lowest BCUT2D eigenvalue weighted by Gasteiger charge is -2.08. The molecule has 0 atom stereocenters. The first kappa shape index (κ1) is 12.3. The van der Waals surface area contributed by atoms with Crippen molar-refractivity contribution in [2.75, 3.05) is 6.54 Å². The highest BCUT2D eigenvalue weighted by Crippen LogP contribution is 2.26. The normalized spacial score (nSPS) is 10.7. The highest BCUT2D eigenvalue weighted by molar-refractivity contribution is 7.08. The van der Waals surface area contributed by atoms with Crippen LogP contribution in [0.3, 0.4) is 0 Å². The van der Waals surface area contributed by atoms with Crippen molar-refractivity contribution >= 4 is 11.3 Å². The number of hydrogen-bond acceptors (Lipinski definition) is 2. The molecule has 2 aromatic rings. The highest BCUT2D eigenvalue weighted by atomic mass is 32.1. The number of thiophene rings is 1. The third-order valence-corrected chi connectivity index (χ3v) is 3.56. The van der Waals surface area contributed by atoms with Crippen LogP contribution in [0.1, 0.15) is 24.5 Å². The standard InChI is InChI=1S/C15H19NS/c1-3-7-16-10-13-4-5-15(12(2)9-13)14-6-8-17-11-14/h4-6,8-9,11,16H,3,7,10H2,1-2H3. The summed E-state index contributed by atoms with van der Waals surface area (Å²) < 4.78 is 0. The molecule has 0 saturated carbocycles. The van der Waals surface area contributed by atoms with Crippen LogP contribution in [-0.2, 0) is 6.54 Å². The SMILES string of the molecule is CCCNCc1ccc(-c2ccsc2)c(C)c1. The monoisotopic (exact) mass is 245 g/mol. The zero-order chi connectivity index (χ0) is 12.1. The van der Waals surface area contributed by atoms with E-state index in [1.807, 2.05) is 0 Å². The summed E-state index contributed by atoms with van der Waals surface area (Å²) in [6.45, 7) is 6.44. The Morgan fingerprint density at radius 1 is 1.24 bits per heavy atom. The molecule has 2 heteroatoms. The van der Waals surface area contributed by atoms with Crippen LogP contribution in [0.2, 0.25) is 0 Å². The number of benzene rings is 1. The van der Waals surface area contributed by atoms with E-state index in [2.05, 4.69) is 54.2 Å². The Labute approximate surface area is 108 Å². The summed E-state index contributed by atoms with van der Waals surface area (Å²) in [5.74, 6) is 0. The molecule has 0 aliphatic rings. The van der Waals surface area contributed by atoms with Crippen LogP contribution in [-0.4, -0.2) is 6.54 Å². The number of rotatable bonds is 5. The minimum atomic E-state index is 0.971. The molecule has 0 amide bonds. The zero-order valence-corrected chi connectivity index (χ0v) is 11.3. The van der Waals surface area contributed by atoms with Crippen LogP contribution in [0.4, 0.5) is 0 Å².